The Bertz CT molecular complexity index is 1170. The summed E-state index contributed by atoms with van der Waals surface area (Å²) in [4.78, 5) is 40.5. The maximum absolute atomic E-state index is 13.7. The number of allylic oxidation sites excluding steroid dienone is 1. The molecule has 0 aromatic heterocycles. The minimum atomic E-state index is -1.82. The highest BCUT2D eigenvalue weighted by Gasteiger charge is 2.61. The van der Waals surface area contributed by atoms with E-state index < -0.39 is 23.1 Å². The first kappa shape index (κ1) is 21.3. The number of para-hydroxylation sites is 1. The molecule has 2 aliphatic rings. The van der Waals surface area contributed by atoms with Crippen molar-refractivity contribution in [3.8, 4) is 0 Å². The summed E-state index contributed by atoms with van der Waals surface area (Å²) in [5.41, 5.74) is 5.35. The lowest BCUT2D eigenvalue weighted by Gasteiger charge is -2.36. The van der Waals surface area contributed by atoms with Gasteiger partial charge in [-0.15, -0.1) is 0 Å². The van der Waals surface area contributed by atoms with Crippen LogP contribution in [-0.4, -0.2) is 38.0 Å². The molecule has 8 heteroatoms. The van der Waals surface area contributed by atoms with Crippen molar-refractivity contribution in [1.82, 2.24) is 0 Å². The van der Waals surface area contributed by atoms with Gasteiger partial charge >= 0.3 is 5.97 Å². The molecule has 2 heterocycles. The molecule has 0 unspecified atom stereocenters. The zero-order chi connectivity index (χ0) is 22.9. The van der Waals surface area contributed by atoms with Crippen LogP contribution in [0.25, 0.3) is 0 Å². The Morgan fingerprint density at radius 1 is 1.03 bits per heavy atom. The molecule has 0 saturated heterocycles. The summed E-state index contributed by atoms with van der Waals surface area (Å²) in [6.07, 6.45) is 0. The first-order valence-electron chi connectivity index (χ1n) is 9.99. The number of carbonyl (C=O) groups is 3. The highest BCUT2D eigenvalue weighted by Crippen LogP contribution is 2.52. The predicted molar refractivity (Wildman–Crippen MR) is 115 cm³/mol. The van der Waals surface area contributed by atoms with Crippen LogP contribution in [0.1, 0.15) is 22.8 Å². The van der Waals surface area contributed by atoms with Crippen LogP contribution in [0.3, 0.4) is 0 Å². The van der Waals surface area contributed by atoms with E-state index in [9.17, 15) is 14.4 Å². The molecule has 2 aliphatic heterocycles. The van der Waals surface area contributed by atoms with E-state index in [0.29, 0.717) is 16.8 Å². The second-order valence-electron chi connectivity index (χ2n) is 7.35. The van der Waals surface area contributed by atoms with Crippen LogP contribution in [0.5, 0.6) is 0 Å². The molecule has 3 N–H and O–H groups in total. The number of hydrogen-bond donors (Lipinski definition) is 2. The van der Waals surface area contributed by atoms with Crippen molar-refractivity contribution >= 4 is 23.3 Å². The van der Waals surface area contributed by atoms with Gasteiger partial charge in [-0.1, -0.05) is 48.5 Å². The number of rotatable bonds is 6. The number of fused-ring (bicyclic) bond motifs is 2. The molecule has 1 atom stereocenters. The molecule has 2 aromatic carbocycles. The Morgan fingerprint density at radius 2 is 1.72 bits per heavy atom. The second-order valence-corrected chi connectivity index (χ2v) is 7.35. The van der Waals surface area contributed by atoms with Gasteiger partial charge in [0.2, 0.25) is 11.8 Å². The van der Waals surface area contributed by atoms with E-state index in [4.69, 9.17) is 19.9 Å². The fourth-order valence-corrected chi connectivity index (χ4v) is 4.20. The topological polar surface area (TPSA) is 117 Å². The number of benzene rings is 2. The number of Topliss-reactive ketones (excluding diaryl/α,β-unsaturated/α-hetero) is 1. The fraction of sp³-hybridized carbons (Fsp3) is 0.208. The average molecular weight is 434 g/mol. The fourth-order valence-electron chi connectivity index (χ4n) is 4.20. The van der Waals surface area contributed by atoms with Crippen molar-refractivity contribution in [2.24, 2.45) is 5.73 Å². The molecular weight excluding hydrogens is 412 g/mol. The van der Waals surface area contributed by atoms with Crippen molar-refractivity contribution in [2.75, 3.05) is 25.6 Å². The van der Waals surface area contributed by atoms with E-state index in [2.05, 4.69) is 5.32 Å². The van der Waals surface area contributed by atoms with Crippen molar-refractivity contribution in [3.63, 3.8) is 0 Å². The van der Waals surface area contributed by atoms with Crippen LogP contribution in [0.15, 0.2) is 77.4 Å². The number of nitrogens with one attached hydrogen (secondary N) is 1. The van der Waals surface area contributed by atoms with Gasteiger partial charge in [-0.25, -0.2) is 4.79 Å². The number of carbonyl (C=O) groups excluding carboxylic acids is 3. The zero-order valence-corrected chi connectivity index (χ0v) is 17.6. The molecule has 8 nitrogen and oxygen atoms in total. The van der Waals surface area contributed by atoms with Crippen LogP contribution in [0, 0.1) is 0 Å². The first-order chi connectivity index (χ1) is 15.4. The number of ether oxygens (including phenoxy) is 3. The minimum Gasteiger partial charge on any atom is -0.460 e. The monoisotopic (exact) mass is 434 g/mol. The van der Waals surface area contributed by atoms with Crippen molar-refractivity contribution in [1.29, 1.82) is 0 Å². The maximum atomic E-state index is 13.7. The molecule has 0 saturated carbocycles. The summed E-state index contributed by atoms with van der Waals surface area (Å²) in [6.45, 7) is 1.64. The van der Waals surface area contributed by atoms with E-state index in [1.807, 2.05) is 0 Å². The zero-order valence-electron chi connectivity index (χ0n) is 17.6. The highest BCUT2D eigenvalue weighted by molar-refractivity contribution is 6.25. The summed E-state index contributed by atoms with van der Waals surface area (Å²) >= 11 is 0. The summed E-state index contributed by atoms with van der Waals surface area (Å²) in [5.74, 6) is -2.05. The number of ketones is 1. The lowest BCUT2D eigenvalue weighted by atomic mass is 9.66. The molecular formula is C24H22N2O6. The van der Waals surface area contributed by atoms with Crippen LogP contribution >= 0.6 is 0 Å². The van der Waals surface area contributed by atoms with Crippen molar-refractivity contribution < 1.29 is 28.6 Å². The number of nitrogens with two attached hydrogens (primary N) is 1. The van der Waals surface area contributed by atoms with Gasteiger partial charge in [0.25, 0.3) is 0 Å². The van der Waals surface area contributed by atoms with Crippen LogP contribution in [0.2, 0.25) is 0 Å². The van der Waals surface area contributed by atoms with Gasteiger partial charge in [0.15, 0.2) is 5.78 Å². The smallest absolute Gasteiger partial charge is 0.341 e. The van der Waals surface area contributed by atoms with Crippen molar-refractivity contribution in [3.05, 3.63) is 88.5 Å². The summed E-state index contributed by atoms with van der Waals surface area (Å²) < 4.78 is 15.9. The summed E-state index contributed by atoms with van der Waals surface area (Å²) in [5, 5.41) is 2.78. The van der Waals surface area contributed by atoms with Gasteiger partial charge in [0.1, 0.15) is 23.4 Å². The Labute approximate surface area is 184 Å². The van der Waals surface area contributed by atoms with E-state index >= 15 is 0 Å². The number of anilines is 1. The SMILES string of the molecule is COCCOC(=O)C1=C(N)OC(C)=C(C(=O)c2ccccc2)[C@]12C(=O)Nc1ccccc12. The van der Waals surface area contributed by atoms with Crippen LogP contribution in [0.4, 0.5) is 5.69 Å². The molecule has 164 valence electrons. The summed E-state index contributed by atoms with van der Waals surface area (Å²) in [6, 6.07) is 15.3. The molecule has 0 radical (unpaired) electrons. The van der Waals surface area contributed by atoms with Crippen LogP contribution in [-0.2, 0) is 29.2 Å². The van der Waals surface area contributed by atoms with Gasteiger partial charge in [0.05, 0.1) is 12.2 Å². The average Bonchev–Trinajstić information content (AvgIpc) is 3.06. The predicted octanol–water partition coefficient (Wildman–Crippen LogP) is 2.42. The lowest BCUT2D eigenvalue weighted by molar-refractivity contribution is -0.142. The lowest BCUT2D eigenvalue weighted by Crippen LogP contribution is -2.48. The number of hydrogen-bond acceptors (Lipinski definition) is 7. The van der Waals surface area contributed by atoms with Gasteiger partial charge in [-0.3, -0.25) is 9.59 Å². The Balaban J connectivity index is 1.96. The third-order valence-corrected chi connectivity index (χ3v) is 5.52. The second kappa shape index (κ2) is 8.32. The summed E-state index contributed by atoms with van der Waals surface area (Å²) in [7, 11) is 1.47. The van der Waals surface area contributed by atoms with E-state index in [-0.39, 0.29) is 36.0 Å². The standard InChI is InChI=1S/C24H22N2O6/c1-14-18(20(27)15-8-4-3-5-9-15)24(16-10-6-7-11-17(16)26-23(24)29)19(21(25)32-14)22(28)31-13-12-30-2/h3-11H,12-13,25H2,1-2H3,(H,26,29)/t24-/m0/s1. The molecule has 0 bridgehead atoms. The number of methoxy groups -OCH3 is 1. The van der Waals surface area contributed by atoms with Gasteiger partial charge < -0.3 is 25.3 Å². The highest BCUT2D eigenvalue weighted by atomic mass is 16.6. The molecule has 32 heavy (non-hydrogen) atoms. The molecule has 2 aromatic rings. The molecule has 0 fully saturated rings. The molecule has 4 rings (SSSR count). The van der Waals surface area contributed by atoms with Gasteiger partial charge in [-0.2, -0.15) is 0 Å². The van der Waals surface area contributed by atoms with E-state index in [0.717, 1.165) is 0 Å². The Morgan fingerprint density at radius 3 is 2.44 bits per heavy atom. The van der Waals surface area contributed by atoms with Gasteiger partial charge in [-0.05, 0) is 13.0 Å². The quantitative estimate of drug-likeness (QED) is 0.407. The third kappa shape index (κ3) is 3.16. The van der Waals surface area contributed by atoms with E-state index in [1.165, 1.54) is 7.11 Å². The largest absolute Gasteiger partial charge is 0.460 e. The van der Waals surface area contributed by atoms with Crippen LogP contribution < -0.4 is 11.1 Å². The Kier molecular flexibility index (Phi) is 5.54. The first-order valence-corrected chi connectivity index (χ1v) is 9.99. The maximum Gasteiger partial charge on any atom is 0.341 e. The number of amides is 1. The Hall–Kier alpha value is -3.91. The van der Waals surface area contributed by atoms with E-state index in [1.54, 1.807) is 61.5 Å². The molecule has 0 aliphatic carbocycles. The molecule has 1 spiro atoms. The molecule has 1 amide bonds. The van der Waals surface area contributed by atoms with Gasteiger partial charge in [0, 0.05) is 23.9 Å². The third-order valence-electron chi connectivity index (χ3n) is 5.52. The minimum absolute atomic E-state index is 0.0130. The number of esters is 1. The van der Waals surface area contributed by atoms with Crippen molar-refractivity contribution in [2.45, 2.75) is 12.3 Å². The normalized spacial score (nSPS) is 19.5.